The molecular formula is C15H12FN3O2. The van der Waals surface area contributed by atoms with Crippen LogP contribution in [0.3, 0.4) is 0 Å². The molecule has 0 bridgehead atoms. The van der Waals surface area contributed by atoms with Gasteiger partial charge in [-0.2, -0.15) is 0 Å². The van der Waals surface area contributed by atoms with Crippen molar-refractivity contribution in [3.63, 3.8) is 0 Å². The van der Waals surface area contributed by atoms with Crippen molar-refractivity contribution in [2.24, 2.45) is 0 Å². The van der Waals surface area contributed by atoms with Crippen LogP contribution in [-0.4, -0.2) is 17.3 Å². The van der Waals surface area contributed by atoms with Crippen LogP contribution in [0.25, 0.3) is 22.6 Å². The quantitative estimate of drug-likeness (QED) is 0.800. The molecule has 106 valence electrons. The van der Waals surface area contributed by atoms with Gasteiger partial charge in [0.25, 0.3) is 0 Å². The molecule has 2 heterocycles. The van der Waals surface area contributed by atoms with E-state index in [1.54, 1.807) is 36.5 Å². The number of benzene rings is 1. The number of pyridine rings is 1. The minimum atomic E-state index is -0.484. The Morgan fingerprint density at radius 3 is 2.71 bits per heavy atom. The summed E-state index contributed by atoms with van der Waals surface area (Å²) in [5, 5.41) is 3.73. The van der Waals surface area contributed by atoms with Crippen molar-refractivity contribution in [2.75, 3.05) is 12.8 Å². The van der Waals surface area contributed by atoms with E-state index in [0.29, 0.717) is 17.0 Å². The molecule has 3 rings (SSSR count). The summed E-state index contributed by atoms with van der Waals surface area (Å²) in [5.74, 6) is 0.196. The van der Waals surface area contributed by atoms with E-state index in [-0.39, 0.29) is 17.1 Å². The van der Waals surface area contributed by atoms with E-state index in [4.69, 9.17) is 15.0 Å². The van der Waals surface area contributed by atoms with E-state index >= 15 is 0 Å². The summed E-state index contributed by atoms with van der Waals surface area (Å²) >= 11 is 0. The van der Waals surface area contributed by atoms with Gasteiger partial charge in [0.1, 0.15) is 11.6 Å². The predicted octanol–water partition coefficient (Wildman–Crippen LogP) is 3.13. The highest BCUT2D eigenvalue weighted by Gasteiger charge is 2.24. The Labute approximate surface area is 120 Å². The van der Waals surface area contributed by atoms with Gasteiger partial charge in [0.05, 0.1) is 23.9 Å². The number of nitrogen functional groups attached to an aromatic ring is 1. The van der Waals surface area contributed by atoms with Crippen LogP contribution >= 0.6 is 0 Å². The van der Waals surface area contributed by atoms with Gasteiger partial charge in [0.15, 0.2) is 11.6 Å². The summed E-state index contributed by atoms with van der Waals surface area (Å²) in [6, 6.07) is 9.84. The number of methoxy groups -OCH3 is 1. The molecule has 0 atom stereocenters. The number of hydrogen-bond acceptors (Lipinski definition) is 5. The highest BCUT2D eigenvalue weighted by atomic mass is 19.1. The molecule has 0 aliphatic heterocycles. The van der Waals surface area contributed by atoms with Crippen LogP contribution < -0.4 is 10.5 Å². The fourth-order valence-electron chi connectivity index (χ4n) is 2.13. The van der Waals surface area contributed by atoms with Crippen molar-refractivity contribution < 1.29 is 13.7 Å². The molecule has 0 saturated carbocycles. The number of rotatable bonds is 3. The average molecular weight is 285 g/mol. The molecule has 6 heteroatoms. The van der Waals surface area contributed by atoms with Gasteiger partial charge in [-0.3, -0.25) is 4.98 Å². The average Bonchev–Trinajstić information content (AvgIpc) is 2.89. The second-order valence-electron chi connectivity index (χ2n) is 4.30. The number of nitrogens with two attached hydrogens (primary N) is 1. The molecule has 0 radical (unpaired) electrons. The minimum Gasteiger partial charge on any atom is -0.496 e. The van der Waals surface area contributed by atoms with Gasteiger partial charge in [-0.25, -0.2) is 4.39 Å². The fraction of sp³-hybridized carbons (Fsp3) is 0.0667. The fourth-order valence-corrected chi connectivity index (χ4v) is 2.13. The van der Waals surface area contributed by atoms with E-state index in [1.807, 2.05) is 0 Å². The van der Waals surface area contributed by atoms with Crippen LogP contribution in [0.2, 0.25) is 0 Å². The molecule has 0 saturated heterocycles. The first-order valence-electron chi connectivity index (χ1n) is 6.21. The van der Waals surface area contributed by atoms with Crippen molar-refractivity contribution in [3.8, 4) is 28.3 Å². The SMILES string of the molecule is COc1cccc(F)c1-c1onc(N)c1-c1ccccn1. The Morgan fingerprint density at radius 1 is 1.14 bits per heavy atom. The lowest BCUT2D eigenvalue weighted by molar-refractivity contribution is 0.402. The Balaban J connectivity index is 2.27. The molecule has 2 N–H and O–H groups in total. The number of ether oxygens (including phenoxy) is 1. The molecule has 5 nitrogen and oxygen atoms in total. The molecule has 0 spiro atoms. The number of nitrogens with zero attached hydrogens (tertiary/aromatic N) is 2. The maximum atomic E-state index is 14.2. The highest BCUT2D eigenvalue weighted by molar-refractivity contribution is 5.87. The Bertz CT molecular complexity index is 772. The Morgan fingerprint density at radius 2 is 2.00 bits per heavy atom. The first-order valence-corrected chi connectivity index (χ1v) is 6.21. The van der Waals surface area contributed by atoms with Gasteiger partial charge in [0.2, 0.25) is 0 Å². The maximum absolute atomic E-state index is 14.2. The molecule has 0 amide bonds. The Kier molecular flexibility index (Phi) is 3.27. The van der Waals surface area contributed by atoms with Crippen molar-refractivity contribution in [3.05, 3.63) is 48.4 Å². The highest BCUT2D eigenvalue weighted by Crippen LogP contribution is 2.40. The minimum absolute atomic E-state index is 0.147. The molecular weight excluding hydrogens is 273 g/mol. The van der Waals surface area contributed by atoms with Gasteiger partial charge in [-0.15, -0.1) is 0 Å². The standard InChI is InChI=1S/C15H12FN3O2/c1-20-11-7-4-5-9(16)12(11)14-13(15(17)19-21-14)10-6-2-3-8-18-10/h2-8H,1H3,(H2,17,19). The van der Waals surface area contributed by atoms with Gasteiger partial charge >= 0.3 is 0 Å². The van der Waals surface area contributed by atoms with Gasteiger partial charge in [-0.1, -0.05) is 17.3 Å². The van der Waals surface area contributed by atoms with Gasteiger partial charge in [-0.05, 0) is 24.3 Å². The van der Waals surface area contributed by atoms with Crippen molar-refractivity contribution in [1.29, 1.82) is 0 Å². The van der Waals surface area contributed by atoms with Crippen LogP contribution in [0.4, 0.5) is 10.2 Å². The first kappa shape index (κ1) is 13.1. The van der Waals surface area contributed by atoms with E-state index in [0.717, 1.165) is 0 Å². The van der Waals surface area contributed by atoms with E-state index < -0.39 is 5.82 Å². The third-order valence-electron chi connectivity index (χ3n) is 3.06. The van der Waals surface area contributed by atoms with E-state index in [9.17, 15) is 4.39 Å². The maximum Gasteiger partial charge on any atom is 0.185 e. The number of aromatic nitrogens is 2. The zero-order valence-electron chi connectivity index (χ0n) is 11.2. The second kappa shape index (κ2) is 5.24. The molecule has 0 fully saturated rings. The van der Waals surface area contributed by atoms with E-state index in [2.05, 4.69) is 10.1 Å². The molecule has 1 aromatic carbocycles. The lowest BCUT2D eigenvalue weighted by atomic mass is 10.0. The molecule has 0 aliphatic rings. The first-order chi connectivity index (χ1) is 10.2. The summed E-state index contributed by atoms with van der Waals surface area (Å²) in [4.78, 5) is 4.21. The smallest absolute Gasteiger partial charge is 0.185 e. The molecule has 2 aromatic heterocycles. The number of anilines is 1. The van der Waals surface area contributed by atoms with Crippen molar-refractivity contribution in [1.82, 2.24) is 10.1 Å². The zero-order valence-corrected chi connectivity index (χ0v) is 11.2. The Hall–Kier alpha value is -2.89. The molecule has 0 aliphatic carbocycles. The molecule has 3 aromatic rings. The van der Waals surface area contributed by atoms with Crippen LogP contribution in [0, 0.1) is 5.82 Å². The number of halogens is 1. The third kappa shape index (κ3) is 2.20. The molecule has 21 heavy (non-hydrogen) atoms. The van der Waals surface area contributed by atoms with Crippen molar-refractivity contribution >= 4 is 5.82 Å². The van der Waals surface area contributed by atoms with Crippen LogP contribution in [-0.2, 0) is 0 Å². The van der Waals surface area contributed by atoms with Gasteiger partial charge < -0.3 is 15.0 Å². The van der Waals surface area contributed by atoms with Crippen LogP contribution in [0.15, 0.2) is 47.1 Å². The normalized spacial score (nSPS) is 10.6. The summed E-state index contributed by atoms with van der Waals surface area (Å²) < 4.78 is 24.6. The predicted molar refractivity (Wildman–Crippen MR) is 76.1 cm³/mol. The second-order valence-corrected chi connectivity index (χ2v) is 4.30. The number of hydrogen-bond donors (Lipinski definition) is 1. The zero-order chi connectivity index (χ0) is 14.8. The van der Waals surface area contributed by atoms with Crippen LogP contribution in [0.5, 0.6) is 5.75 Å². The lowest BCUT2D eigenvalue weighted by Crippen LogP contribution is -1.94. The summed E-state index contributed by atoms with van der Waals surface area (Å²) in [7, 11) is 1.46. The van der Waals surface area contributed by atoms with Crippen LogP contribution in [0.1, 0.15) is 0 Å². The third-order valence-corrected chi connectivity index (χ3v) is 3.06. The van der Waals surface area contributed by atoms with Gasteiger partial charge in [0, 0.05) is 6.20 Å². The molecule has 0 unspecified atom stereocenters. The summed E-state index contributed by atoms with van der Waals surface area (Å²) in [6.45, 7) is 0. The summed E-state index contributed by atoms with van der Waals surface area (Å²) in [5.41, 5.74) is 7.01. The summed E-state index contributed by atoms with van der Waals surface area (Å²) in [6.07, 6.45) is 1.62. The van der Waals surface area contributed by atoms with Crippen molar-refractivity contribution in [2.45, 2.75) is 0 Å². The largest absolute Gasteiger partial charge is 0.496 e. The monoisotopic (exact) mass is 285 g/mol. The lowest BCUT2D eigenvalue weighted by Gasteiger charge is -2.08. The topological polar surface area (TPSA) is 74.2 Å². The van der Waals surface area contributed by atoms with E-state index in [1.165, 1.54) is 13.2 Å².